The number of rotatable bonds is 10. The molecule has 0 aliphatic heterocycles. The standard InChI is InChI=1S/C17H22Cl3NO3Si/c1-14(22)21-16-9-6-15(7-10-16)8-11-17(23)24-12-4-2-3-5-13-25(18,19)20/h6-11H,2-5,12-13H2,1H3,(H,21,22)/b11-8+. The Kier molecular flexibility index (Phi) is 10.2. The van der Waals surface area contributed by atoms with E-state index >= 15 is 0 Å². The van der Waals surface area contributed by atoms with E-state index in [1.165, 1.54) is 13.0 Å². The second-order valence-electron chi connectivity index (χ2n) is 5.58. The Hall–Kier alpha value is -1.01. The first-order valence-corrected chi connectivity index (χ1v) is 13.3. The van der Waals surface area contributed by atoms with Gasteiger partial charge in [0.15, 0.2) is 0 Å². The molecule has 0 aliphatic rings. The molecule has 25 heavy (non-hydrogen) atoms. The van der Waals surface area contributed by atoms with Gasteiger partial charge in [0, 0.05) is 18.7 Å². The number of amides is 1. The largest absolute Gasteiger partial charge is 0.463 e. The van der Waals surface area contributed by atoms with E-state index in [1.807, 2.05) is 12.1 Å². The molecule has 8 heteroatoms. The fourth-order valence-electron chi connectivity index (χ4n) is 2.05. The topological polar surface area (TPSA) is 55.4 Å². The second kappa shape index (κ2) is 11.6. The first-order chi connectivity index (χ1) is 11.8. The van der Waals surface area contributed by atoms with E-state index in [-0.39, 0.29) is 11.9 Å². The van der Waals surface area contributed by atoms with Crippen LogP contribution in [0.4, 0.5) is 5.69 Å². The molecule has 0 aromatic heterocycles. The summed E-state index contributed by atoms with van der Waals surface area (Å²) >= 11 is 17.4. The number of carbonyl (C=O) groups is 2. The highest BCUT2D eigenvalue weighted by atomic mass is 35.8. The molecule has 0 saturated carbocycles. The number of benzene rings is 1. The van der Waals surface area contributed by atoms with Crippen LogP contribution in [0.15, 0.2) is 30.3 Å². The van der Waals surface area contributed by atoms with Crippen molar-refractivity contribution in [2.75, 3.05) is 11.9 Å². The summed E-state index contributed by atoms with van der Waals surface area (Å²) in [6.07, 6.45) is 6.66. The third-order valence-electron chi connectivity index (χ3n) is 3.24. The van der Waals surface area contributed by atoms with Gasteiger partial charge in [-0.3, -0.25) is 4.79 Å². The van der Waals surface area contributed by atoms with Crippen molar-refractivity contribution >= 4 is 62.9 Å². The normalized spacial score (nSPS) is 11.5. The molecule has 0 unspecified atom stereocenters. The first-order valence-electron chi connectivity index (χ1n) is 8.05. The molecular weight excluding hydrogens is 401 g/mol. The lowest BCUT2D eigenvalue weighted by molar-refractivity contribution is -0.137. The summed E-state index contributed by atoms with van der Waals surface area (Å²) in [6.45, 7) is 1.84. The number of esters is 1. The van der Waals surface area contributed by atoms with Gasteiger partial charge in [0.05, 0.1) is 6.61 Å². The van der Waals surface area contributed by atoms with Gasteiger partial charge in [-0.1, -0.05) is 31.4 Å². The lowest BCUT2D eigenvalue weighted by Crippen LogP contribution is -2.07. The van der Waals surface area contributed by atoms with Crippen LogP contribution in [0.3, 0.4) is 0 Å². The van der Waals surface area contributed by atoms with Crippen molar-refractivity contribution < 1.29 is 14.3 Å². The summed E-state index contributed by atoms with van der Waals surface area (Å²) in [4.78, 5) is 22.6. The number of ether oxygens (including phenoxy) is 1. The van der Waals surface area contributed by atoms with Crippen LogP contribution >= 0.6 is 33.2 Å². The summed E-state index contributed by atoms with van der Waals surface area (Å²) in [7, 11) is 0. The monoisotopic (exact) mass is 421 g/mol. The van der Waals surface area contributed by atoms with Crippen LogP contribution in [0.1, 0.15) is 38.2 Å². The Bertz CT molecular complexity index is 586. The van der Waals surface area contributed by atoms with Crippen molar-refractivity contribution in [3.63, 3.8) is 0 Å². The third kappa shape index (κ3) is 12.0. The number of hydrogen-bond acceptors (Lipinski definition) is 3. The second-order valence-corrected chi connectivity index (χ2v) is 14.9. The van der Waals surface area contributed by atoms with Crippen LogP contribution in [-0.4, -0.2) is 24.5 Å². The molecule has 0 atom stereocenters. The van der Waals surface area contributed by atoms with Crippen molar-refractivity contribution in [2.24, 2.45) is 0 Å². The molecule has 1 aromatic rings. The van der Waals surface area contributed by atoms with Gasteiger partial charge in [0.1, 0.15) is 0 Å². The van der Waals surface area contributed by atoms with Crippen LogP contribution in [0, 0.1) is 0 Å². The molecule has 0 heterocycles. The molecule has 1 N–H and O–H groups in total. The summed E-state index contributed by atoms with van der Waals surface area (Å²) in [5, 5.41) is 2.68. The van der Waals surface area contributed by atoms with E-state index in [4.69, 9.17) is 38.0 Å². The Labute approximate surface area is 163 Å². The molecule has 0 fully saturated rings. The van der Waals surface area contributed by atoms with E-state index < -0.39 is 6.00 Å². The fourth-order valence-corrected chi connectivity index (χ4v) is 3.90. The Morgan fingerprint density at radius 2 is 1.72 bits per heavy atom. The van der Waals surface area contributed by atoms with Gasteiger partial charge in [-0.05, 0) is 36.2 Å². The Balaban J connectivity index is 2.19. The van der Waals surface area contributed by atoms with E-state index in [2.05, 4.69) is 5.32 Å². The predicted octanol–water partition coefficient (Wildman–Crippen LogP) is 5.42. The maximum atomic E-state index is 11.6. The van der Waals surface area contributed by atoms with Crippen molar-refractivity contribution in [3.05, 3.63) is 35.9 Å². The summed E-state index contributed by atoms with van der Waals surface area (Å²) in [5.74, 6) is -0.499. The van der Waals surface area contributed by atoms with Crippen molar-refractivity contribution in [2.45, 2.75) is 38.7 Å². The highest BCUT2D eigenvalue weighted by Crippen LogP contribution is 2.27. The fraction of sp³-hybridized carbons (Fsp3) is 0.412. The first kappa shape index (κ1) is 22.0. The van der Waals surface area contributed by atoms with Crippen LogP contribution in [0.2, 0.25) is 6.04 Å². The zero-order valence-corrected chi connectivity index (χ0v) is 17.3. The smallest absolute Gasteiger partial charge is 0.341 e. The lowest BCUT2D eigenvalue weighted by Gasteiger charge is -2.06. The quantitative estimate of drug-likeness (QED) is 0.180. The van der Waals surface area contributed by atoms with E-state index in [0.29, 0.717) is 18.3 Å². The molecule has 1 rings (SSSR count). The highest BCUT2D eigenvalue weighted by molar-refractivity contribution is 7.64. The van der Waals surface area contributed by atoms with Crippen LogP contribution < -0.4 is 5.32 Å². The van der Waals surface area contributed by atoms with Gasteiger partial charge in [-0.25, -0.2) is 4.79 Å². The highest BCUT2D eigenvalue weighted by Gasteiger charge is 2.23. The number of carbonyl (C=O) groups excluding carboxylic acids is 2. The maximum absolute atomic E-state index is 11.6. The summed E-state index contributed by atoms with van der Waals surface area (Å²) < 4.78 is 5.14. The van der Waals surface area contributed by atoms with Crippen LogP contribution in [-0.2, 0) is 14.3 Å². The number of unbranched alkanes of at least 4 members (excludes halogenated alkanes) is 3. The molecule has 0 bridgehead atoms. The van der Waals surface area contributed by atoms with Gasteiger partial charge in [0.25, 0.3) is 0 Å². The molecular formula is C17H22Cl3NO3Si. The number of nitrogens with one attached hydrogen (secondary N) is 1. The summed E-state index contributed by atoms with van der Waals surface area (Å²) in [5.41, 5.74) is 1.56. The Morgan fingerprint density at radius 1 is 1.08 bits per heavy atom. The molecule has 0 spiro atoms. The molecule has 4 nitrogen and oxygen atoms in total. The average molecular weight is 423 g/mol. The summed E-state index contributed by atoms with van der Waals surface area (Å²) in [6, 6.07) is 5.33. The van der Waals surface area contributed by atoms with Crippen molar-refractivity contribution in [3.8, 4) is 0 Å². The molecule has 0 aliphatic carbocycles. The van der Waals surface area contributed by atoms with Crippen molar-refractivity contribution in [1.29, 1.82) is 0 Å². The zero-order valence-electron chi connectivity index (χ0n) is 14.1. The third-order valence-corrected chi connectivity index (χ3v) is 5.86. The minimum Gasteiger partial charge on any atom is -0.463 e. The molecule has 0 saturated heterocycles. The minimum atomic E-state index is -2.50. The van der Waals surface area contributed by atoms with Crippen molar-refractivity contribution in [1.82, 2.24) is 0 Å². The maximum Gasteiger partial charge on any atom is 0.341 e. The SMILES string of the molecule is CC(=O)Nc1ccc(/C=C/C(=O)OCCCCCC[Si](Cl)(Cl)Cl)cc1. The molecule has 1 amide bonds. The van der Waals surface area contributed by atoms with Gasteiger partial charge in [-0.2, -0.15) is 0 Å². The zero-order chi connectivity index (χ0) is 18.7. The van der Waals surface area contributed by atoms with E-state index in [0.717, 1.165) is 31.2 Å². The Morgan fingerprint density at radius 3 is 2.32 bits per heavy atom. The van der Waals surface area contributed by atoms with E-state index in [1.54, 1.807) is 18.2 Å². The number of hydrogen-bond donors (Lipinski definition) is 1. The van der Waals surface area contributed by atoms with E-state index in [9.17, 15) is 9.59 Å². The molecule has 138 valence electrons. The number of halogens is 3. The van der Waals surface area contributed by atoms with Gasteiger partial charge in [0.2, 0.25) is 5.91 Å². The molecule has 1 aromatic carbocycles. The predicted molar refractivity (Wildman–Crippen MR) is 107 cm³/mol. The minimum absolute atomic E-state index is 0.124. The van der Waals surface area contributed by atoms with Crippen LogP contribution in [0.5, 0.6) is 0 Å². The van der Waals surface area contributed by atoms with Gasteiger partial charge >= 0.3 is 12.0 Å². The molecule has 0 radical (unpaired) electrons. The van der Waals surface area contributed by atoms with Gasteiger partial charge < -0.3 is 10.1 Å². The number of anilines is 1. The lowest BCUT2D eigenvalue weighted by atomic mass is 10.2. The van der Waals surface area contributed by atoms with Gasteiger partial charge in [-0.15, -0.1) is 33.2 Å². The average Bonchev–Trinajstić information content (AvgIpc) is 2.51. The van der Waals surface area contributed by atoms with Crippen LogP contribution in [0.25, 0.3) is 6.08 Å².